The molecule has 0 bridgehead atoms. The Morgan fingerprint density at radius 3 is 2.82 bits per heavy atom. The zero-order valence-corrected chi connectivity index (χ0v) is 11.8. The van der Waals surface area contributed by atoms with Crippen LogP contribution in [0.3, 0.4) is 0 Å². The SMILES string of the molecule is CCCC[C@@H](CC)CNC(=O)c1scnc1C. The van der Waals surface area contributed by atoms with Gasteiger partial charge >= 0.3 is 0 Å². The van der Waals surface area contributed by atoms with Crippen LogP contribution in [0.25, 0.3) is 0 Å². The summed E-state index contributed by atoms with van der Waals surface area (Å²) in [5.74, 6) is 0.632. The van der Waals surface area contributed by atoms with Gasteiger partial charge < -0.3 is 5.32 Å². The van der Waals surface area contributed by atoms with Gasteiger partial charge in [0, 0.05) is 6.54 Å². The molecule has 0 spiro atoms. The van der Waals surface area contributed by atoms with Crippen LogP contribution in [0.1, 0.15) is 54.9 Å². The van der Waals surface area contributed by atoms with Crippen LogP contribution in [-0.4, -0.2) is 17.4 Å². The summed E-state index contributed by atoms with van der Waals surface area (Å²) in [6.07, 6.45) is 4.79. The van der Waals surface area contributed by atoms with Gasteiger partial charge in [-0.15, -0.1) is 11.3 Å². The molecule has 4 heteroatoms. The molecule has 0 saturated carbocycles. The number of hydrogen-bond acceptors (Lipinski definition) is 3. The fourth-order valence-electron chi connectivity index (χ4n) is 1.78. The third-order valence-corrected chi connectivity index (χ3v) is 3.97. The summed E-state index contributed by atoms with van der Waals surface area (Å²) in [6.45, 7) is 7.04. The molecule has 0 aliphatic carbocycles. The van der Waals surface area contributed by atoms with Crippen LogP contribution in [0, 0.1) is 12.8 Å². The van der Waals surface area contributed by atoms with Crippen LogP contribution in [0.15, 0.2) is 5.51 Å². The molecule has 1 amide bonds. The minimum Gasteiger partial charge on any atom is -0.351 e. The highest BCUT2D eigenvalue weighted by molar-refractivity contribution is 7.11. The lowest BCUT2D eigenvalue weighted by Crippen LogP contribution is -2.29. The van der Waals surface area contributed by atoms with Crippen LogP contribution in [0.4, 0.5) is 0 Å². The van der Waals surface area contributed by atoms with E-state index in [4.69, 9.17) is 0 Å². The van der Waals surface area contributed by atoms with E-state index in [1.165, 1.54) is 30.6 Å². The number of aryl methyl sites for hydroxylation is 1. The van der Waals surface area contributed by atoms with Crippen molar-refractivity contribution in [2.75, 3.05) is 6.54 Å². The van der Waals surface area contributed by atoms with E-state index < -0.39 is 0 Å². The molecule has 1 aromatic heterocycles. The number of unbranched alkanes of at least 4 members (excludes halogenated alkanes) is 1. The number of hydrogen-bond donors (Lipinski definition) is 1. The fraction of sp³-hybridized carbons (Fsp3) is 0.692. The van der Waals surface area contributed by atoms with E-state index >= 15 is 0 Å². The molecule has 0 unspecified atom stereocenters. The van der Waals surface area contributed by atoms with Gasteiger partial charge in [0.25, 0.3) is 5.91 Å². The molecule has 0 aromatic carbocycles. The first-order chi connectivity index (χ1) is 8.19. The lowest BCUT2D eigenvalue weighted by atomic mass is 9.99. The second-order valence-electron chi connectivity index (χ2n) is 4.39. The van der Waals surface area contributed by atoms with Gasteiger partial charge in [-0.2, -0.15) is 0 Å². The Balaban J connectivity index is 2.39. The van der Waals surface area contributed by atoms with E-state index in [0.29, 0.717) is 5.92 Å². The quantitative estimate of drug-likeness (QED) is 0.810. The number of aromatic nitrogens is 1. The normalized spacial score (nSPS) is 12.4. The molecule has 3 nitrogen and oxygen atoms in total. The highest BCUT2D eigenvalue weighted by Crippen LogP contribution is 2.14. The van der Waals surface area contributed by atoms with Crippen molar-refractivity contribution in [3.05, 3.63) is 16.1 Å². The smallest absolute Gasteiger partial charge is 0.263 e. The van der Waals surface area contributed by atoms with Gasteiger partial charge in [-0.3, -0.25) is 4.79 Å². The van der Waals surface area contributed by atoms with Gasteiger partial charge in [-0.05, 0) is 19.3 Å². The van der Waals surface area contributed by atoms with Gasteiger partial charge in [0.15, 0.2) is 0 Å². The average Bonchev–Trinajstić information content (AvgIpc) is 2.75. The van der Waals surface area contributed by atoms with Crippen LogP contribution in [0.2, 0.25) is 0 Å². The third kappa shape index (κ3) is 4.46. The van der Waals surface area contributed by atoms with E-state index in [1.54, 1.807) is 5.51 Å². The molecule has 0 radical (unpaired) electrons. The van der Waals surface area contributed by atoms with E-state index in [9.17, 15) is 4.79 Å². The fourth-order valence-corrected chi connectivity index (χ4v) is 2.50. The largest absolute Gasteiger partial charge is 0.351 e. The molecule has 1 aromatic rings. The maximum Gasteiger partial charge on any atom is 0.263 e. The predicted octanol–water partition coefficient (Wildman–Crippen LogP) is 3.40. The predicted molar refractivity (Wildman–Crippen MR) is 72.5 cm³/mol. The van der Waals surface area contributed by atoms with Crippen molar-refractivity contribution in [2.24, 2.45) is 5.92 Å². The highest BCUT2D eigenvalue weighted by atomic mass is 32.1. The number of thiazole rings is 1. The minimum absolute atomic E-state index is 0.0277. The summed E-state index contributed by atoms with van der Waals surface area (Å²) in [5.41, 5.74) is 2.55. The number of nitrogens with one attached hydrogen (secondary N) is 1. The summed E-state index contributed by atoms with van der Waals surface area (Å²) in [7, 11) is 0. The summed E-state index contributed by atoms with van der Waals surface area (Å²) < 4.78 is 0. The maximum atomic E-state index is 11.9. The molecule has 17 heavy (non-hydrogen) atoms. The van der Waals surface area contributed by atoms with Gasteiger partial charge in [0.1, 0.15) is 4.88 Å². The lowest BCUT2D eigenvalue weighted by Gasteiger charge is -2.14. The molecule has 0 saturated heterocycles. The first-order valence-electron chi connectivity index (χ1n) is 6.37. The highest BCUT2D eigenvalue weighted by Gasteiger charge is 2.13. The summed E-state index contributed by atoms with van der Waals surface area (Å²) in [6, 6.07) is 0. The monoisotopic (exact) mass is 254 g/mol. The second kappa shape index (κ2) is 7.43. The third-order valence-electron chi connectivity index (χ3n) is 3.05. The van der Waals surface area contributed by atoms with Crippen molar-refractivity contribution in [2.45, 2.75) is 46.5 Å². The van der Waals surface area contributed by atoms with Crippen LogP contribution in [0.5, 0.6) is 0 Å². The lowest BCUT2D eigenvalue weighted by molar-refractivity contribution is 0.0949. The molecule has 96 valence electrons. The Bertz CT molecular complexity index is 349. The summed E-state index contributed by atoms with van der Waals surface area (Å²) in [4.78, 5) is 16.7. The first kappa shape index (κ1) is 14.2. The number of carbonyl (C=O) groups is 1. The van der Waals surface area contributed by atoms with Gasteiger partial charge in [0.05, 0.1) is 11.2 Å². The Morgan fingerprint density at radius 1 is 1.53 bits per heavy atom. The minimum atomic E-state index is 0.0277. The molecule has 1 rings (SSSR count). The van der Waals surface area contributed by atoms with Crippen molar-refractivity contribution in [1.82, 2.24) is 10.3 Å². The van der Waals surface area contributed by atoms with E-state index in [2.05, 4.69) is 24.1 Å². The van der Waals surface area contributed by atoms with Gasteiger partial charge in [-0.1, -0.05) is 33.1 Å². The van der Waals surface area contributed by atoms with Crippen LogP contribution >= 0.6 is 11.3 Å². The van der Waals surface area contributed by atoms with Crippen LogP contribution in [-0.2, 0) is 0 Å². The van der Waals surface area contributed by atoms with E-state index in [-0.39, 0.29) is 5.91 Å². The van der Waals surface area contributed by atoms with Crippen molar-refractivity contribution in [3.8, 4) is 0 Å². The molecule has 1 atom stereocenters. The Morgan fingerprint density at radius 2 is 2.29 bits per heavy atom. The number of carbonyl (C=O) groups excluding carboxylic acids is 1. The topological polar surface area (TPSA) is 42.0 Å². The zero-order chi connectivity index (χ0) is 12.7. The second-order valence-corrected chi connectivity index (χ2v) is 5.25. The van der Waals surface area contributed by atoms with E-state index in [0.717, 1.165) is 23.5 Å². The van der Waals surface area contributed by atoms with Gasteiger partial charge in [0.2, 0.25) is 0 Å². The molecule has 0 aliphatic rings. The van der Waals surface area contributed by atoms with Crippen molar-refractivity contribution < 1.29 is 4.79 Å². The summed E-state index contributed by atoms with van der Waals surface area (Å²) in [5, 5.41) is 3.02. The molecule has 1 N–H and O–H groups in total. The summed E-state index contributed by atoms with van der Waals surface area (Å²) >= 11 is 1.41. The van der Waals surface area contributed by atoms with Crippen LogP contribution < -0.4 is 5.32 Å². The first-order valence-corrected chi connectivity index (χ1v) is 7.25. The van der Waals surface area contributed by atoms with E-state index in [1.807, 2.05) is 6.92 Å². The average molecular weight is 254 g/mol. The standard InChI is InChI=1S/C13H22N2OS/c1-4-6-7-11(5-2)8-14-13(16)12-10(3)15-9-17-12/h9,11H,4-8H2,1-3H3,(H,14,16)/t11-/m1/s1. The Labute approximate surface area is 108 Å². The number of nitrogens with zero attached hydrogens (tertiary/aromatic N) is 1. The Hall–Kier alpha value is -0.900. The van der Waals surface area contributed by atoms with Crippen molar-refractivity contribution >= 4 is 17.2 Å². The number of rotatable bonds is 7. The molecule has 0 aliphatic heterocycles. The molecule has 1 heterocycles. The molecular weight excluding hydrogens is 232 g/mol. The van der Waals surface area contributed by atoms with Gasteiger partial charge in [-0.25, -0.2) is 4.98 Å². The molecule has 0 fully saturated rings. The van der Waals surface area contributed by atoms with Crippen molar-refractivity contribution in [1.29, 1.82) is 0 Å². The maximum absolute atomic E-state index is 11.9. The molecular formula is C13H22N2OS. The number of amides is 1. The zero-order valence-electron chi connectivity index (χ0n) is 11.0. The Kier molecular flexibility index (Phi) is 6.19. The van der Waals surface area contributed by atoms with Crippen molar-refractivity contribution in [3.63, 3.8) is 0 Å².